The summed E-state index contributed by atoms with van der Waals surface area (Å²) in [5.41, 5.74) is 1.12. The Bertz CT molecular complexity index is 304. The fourth-order valence-corrected chi connectivity index (χ4v) is 2.83. The highest BCUT2D eigenvalue weighted by Gasteiger charge is 2.11. The van der Waals surface area contributed by atoms with Crippen molar-refractivity contribution in [1.82, 2.24) is 0 Å². The smallest absolute Gasteiger partial charge is 0.182 e. The topological polar surface area (TPSA) is 17.1 Å². The molecule has 1 heterocycles. The molecule has 0 fully saturated rings. The largest absolute Gasteiger partial charge is 0.292 e. The molecule has 1 aromatic rings. The van der Waals surface area contributed by atoms with Crippen LogP contribution in [0.3, 0.4) is 0 Å². The van der Waals surface area contributed by atoms with Crippen molar-refractivity contribution in [3.8, 4) is 0 Å². The van der Waals surface area contributed by atoms with Gasteiger partial charge in [-0.2, -0.15) is 11.8 Å². The molecule has 3 heteroatoms. The lowest BCUT2D eigenvalue weighted by atomic mass is 10.2. The van der Waals surface area contributed by atoms with Gasteiger partial charge in [-0.05, 0) is 30.4 Å². The summed E-state index contributed by atoms with van der Waals surface area (Å²) in [6, 6.07) is 2.01. The monoisotopic (exact) mass is 228 g/mol. The molecule has 1 unspecified atom stereocenters. The second-order valence-corrected chi connectivity index (χ2v) is 5.73. The number of ketones is 1. The zero-order chi connectivity index (χ0) is 10.6. The van der Waals surface area contributed by atoms with Crippen LogP contribution in [0.25, 0.3) is 0 Å². The molecule has 0 saturated heterocycles. The number of hydrogen-bond acceptors (Lipinski definition) is 3. The van der Waals surface area contributed by atoms with Crippen LogP contribution < -0.4 is 0 Å². The molecule has 0 aliphatic carbocycles. The van der Waals surface area contributed by atoms with Gasteiger partial charge >= 0.3 is 0 Å². The Morgan fingerprint density at radius 2 is 2.36 bits per heavy atom. The average Bonchev–Trinajstić information content (AvgIpc) is 2.60. The van der Waals surface area contributed by atoms with Crippen LogP contribution in [0.5, 0.6) is 0 Å². The van der Waals surface area contributed by atoms with Crippen molar-refractivity contribution in [3.63, 3.8) is 0 Å². The maximum Gasteiger partial charge on any atom is 0.182 e. The summed E-state index contributed by atoms with van der Waals surface area (Å²) >= 11 is 3.30. The van der Waals surface area contributed by atoms with Gasteiger partial charge in [0.2, 0.25) is 0 Å². The van der Waals surface area contributed by atoms with Gasteiger partial charge < -0.3 is 0 Å². The first-order chi connectivity index (χ1) is 6.65. The second-order valence-electron chi connectivity index (χ2n) is 3.39. The fraction of sp³-hybridized carbons (Fsp3) is 0.545. The van der Waals surface area contributed by atoms with E-state index in [1.165, 1.54) is 0 Å². The third-order valence-corrected chi connectivity index (χ3v) is 4.58. The molecule has 0 bridgehead atoms. The highest BCUT2D eigenvalue weighted by atomic mass is 32.2. The lowest BCUT2D eigenvalue weighted by Crippen LogP contribution is -2.05. The number of Topliss-reactive ketones (excluding diaryl/α,β-unsaturated/α-hetero) is 1. The molecular weight excluding hydrogens is 212 g/mol. The van der Waals surface area contributed by atoms with E-state index >= 15 is 0 Å². The summed E-state index contributed by atoms with van der Waals surface area (Å²) in [5, 5.41) is 2.57. The Hall–Kier alpha value is -0.280. The van der Waals surface area contributed by atoms with Gasteiger partial charge in [0.1, 0.15) is 0 Å². The zero-order valence-electron chi connectivity index (χ0n) is 8.87. The SMILES string of the molecule is CCC(C)SCC(=O)c1sccc1C. The van der Waals surface area contributed by atoms with E-state index in [2.05, 4.69) is 13.8 Å². The number of carbonyl (C=O) groups is 1. The van der Waals surface area contributed by atoms with Gasteiger partial charge in [0, 0.05) is 5.25 Å². The van der Waals surface area contributed by atoms with Gasteiger partial charge in [0.15, 0.2) is 5.78 Å². The maximum absolute atomic E-state index is 11.7. The molecule has 0 amide bonds. The molecule has 1 rings (SSSR count). The number of aryl methyl sites for hydroxylation is 1. The van der Waals surface area contributed by atoms with E-state index in [1.807, 2.05) is 18.4 Å². The summed E-state index contributed by atoms with van der Waals surface area (Å²) in [6.45, 7) is 6.31. The zero-order valence-corrected chi connectivity index (χ0v) is 10.5. The summed E-state index contributed by atoms with van der Waals surface area (Å²) in [4.78, 5) is 12.7. The Labute approximate surface area is 93.9 Å². The van der Waals surface area contributed by atoms with Crippen LogP contribution >= 0.6 is 23.1 Å². The number of thiophene rings is 1. The molecule has 0 saturated carbocycles. The molecule has 0 aromatic carbocycles. The summed E-state index contributed by atoms with van der Waals surface area (Å²) in [5.74, 6) is 0.902. The van der Waals surface area contributed by atoms with Gasteiger partial charge in [-0.1, -0.05) is 13.8 Å². The molecular formula is C11H16OS2. The Kier molecular flexibility index (Phi) is 4.69. The van der Waals surface area contributed by atoms with Crippen LogP contribution in [0.1, 0.15) is 35.5 Å². The van der Waals surface area contributed by atoms with E-state index in [-0.39, 0.29) is 5.78 Å². The van der Waals surface area contributed by atoms with Crippen LogP contribution in [0, 0.1) is 6.92 Å². The predicted molar refractivity (Wildman–Crippen MR) is 65.6 cm³/mol. The number of hydrogen-bond donors (Lipinski definition) is 0. The molecule has 1 nitrogen and oxygen atoms in total. The van der Waals surface area contributed by atoms with Gasteiger partial charge in [-0.15, -0.1) is 11.3 Å². The van der Waals surface area contributed by atoms with E-state index in [0.717, 1.165) is 16.9 Å². The molecule has 0 aliphatic heterocycles. The van der Waals surface area contributed by atoms with Crippen LogP contribution in [-0.4, -0.2) is 16.8 Å². The van der Waals surface area contributed by atoms with E-state index in [4.69, 9.17) is 0 Å². The minimum Gasteiger partial charge on any atom is -0.292 e. The Balaban J connectivity index is 2.47. The van der Waals surface area contributed by atoms with E-state index in [1.54, 1.807) is 23.1 Å². The Morgan fingerprint density at radius 3 is 2.86 bits per heavy atom. The average molecular weight is 228 g/mol. The summed E-state index contributed by atoms with van der Waals surface area (Å²) in [7, 11) is 0. The molecule has 0 spiro atoms. The van der Waals surface area contributed by atoms with Gasteiger partial charge in [0.05, 0.1) is 10.6 Å². The van der Waals surface area contributed by atoms with Crippen LogP contribution in [-0.2, 0) is 0 Å². The molecule has 0 radical (unpaired) electrons. The highest BCUT2D eigenvalue weighted by molar-refractivity contribution is 8.00. The minimum atomic E-state index is 0.280. The van der Waals surface area contributed by atoms with E-state index in [9.17, 15) is 4.79 Å². The van der Waals surface area contributed by atoms with E-state index < -0.39 is 0 Å². The first kappa shape index (κ1) is 11.8. The molecule has 0 aliphatic rings. The van der Waals surface area contributed by atoms with Crippen molar-refractivity contribution in [3.05, 3.63) is 21.9 Å². The highest BCUT2D eigenvalue weighted by Crippen LogP contribution is 2.20. The predicted octanol–water partition coefficient (Wildman–Crippen LogP) is 3.77. The maximum atomic E-state index is 11.7. The third-order valence-electron chi connectivity index (χ3n) is 2.19. The van der Waals surface area contributed by atoms with Gasteiger partial charge in [-0.25, -0.2) is 0 Å². The molecule has 78 valence electrons. The van der Waals surface area contributed by atoms with Crippen LogP contribution in [0.2, 0.25) is 0 Å². The van der Waals surface area contributed by atoms with Crippen LogP contribution in [0.15, 0.2) is 11.4 Å². The standard InChI is InChI=1S/C11H16OS2/c1-4-9(3)14-7-10(12)11-8(2)5-6-13-11/h5-6,9H,4,7H2,1-3H3. The quantitative estimate of drug-likeness (QED) is 0.714. The number of rotatable bonds is 5. The first-order valence-corrected chi connectivity index (χ1v) is 6.77. The van der Waals surface area contributed by atoms with Gasteiger partial charge in [0.25, 0.3) is 0 Å². The molecule has 1 aromatic heterocycles. The normalized spacial score (nSPS) is 12.8. The number of carbonyl (C=O) groups excluding carboxylic acids is 1. The van der Waals surface area contributed by atoms with Crippen molar-refractivity contribution in [2.75, 3.05) is 5.75 Å². The van der Waals surface area contributed by atoms with Crippen molar-refractivity contribution in [1.29, 1.82) is 0 Å². The lowest BCUT2D eigenvalue weighted by molar-refractivity contribution is 0.102. The van der Waals surface area contributed by atoms with Crippen molar-refractivity contribution >= 4 is 28.9 Å². The Morgan fingerprint density at radius 1 is 1.64 bits per heavy atom. The summed E-state index contributed by atoms with van der Waals surface area (Å²) in [6.07, 6.45) is 1.13. The minimum absolute atomic E-state index is 0.280. The lowest BCUT2D eigenvalue weighted by Gasteiger charge is -2.06. The van der Waals surface area contributed by atoms with Crippen molar-refractivity contribution < 1.29 is 4.79 Å². The van der Waals surface area contributed by atoms with Gasteiger partial charge in [-0.3, -0.25) is 4.79 Å². The van der Waals surface area contributed by atoms with E-state index in [0.29, 0.717) is 11.0 Å². The molecule has 14 heavy (non-hydrogen) atoms. The molecule has 1 atom stereocenters. The second kappa shape index (κ2) is 5.56. The third kappa shape index (κ3) is 3.14. The van der Waals surface area contributed by atoms with Crippen molar-refractivity contribution in [2.45, 2.75) is 32.4 Å². The molecule has 0 N–H and O–H groups in total. The van der Waals surface area contributed by atoms with Crippen molar-refractivity contribution in [2.24, 2.45) is 0 Å². The fourth-order valence-electron chi connectivity index (χ4n) is 1.06. The number of thioether (sulfide) groups is 1. The summed E-state index contributed by atoms with van der Waals surface area (Å²) < 4.78 is 0. The van der Waals surface area contributed by atoms with Crippen LogP contribution in [0.4, 0.5) is 0 Å². The first-order valence-electron chi connectivity index (χ1n) is 4.84.